The molecule has 1 saturated carbocycles. The molecule has 1 N–H and O–H groups in total. The highest BCUT2D eigenvalue weighted by Gasteiger charge is 2.23. The van der Waals surface area contributed by atoms with Gasteiger partial charge in [-0.25, -0.2) is 8.91 Å². The number of fused-ring (bicyclic) bond motifs is 1. The Kier molecular flexibility index (Phi) is 2.89. The predicted octanol–water partition coefficient (Wildman–Crippen LogP) is 2.72. The molecule has 1 aliphatic rings. The van der Waals surface area contributed by atoms with E-state index in [-0.39, 0.29) is 5.82 Å². The van der Waals surface area contributed by atoms with Gasteiger partial charge in [-0.15, -0.1) is 5.10 Å². The van der Waals surface area contributed by atoms with Gasteiger partial charge in [0.2, 0.25) is 5.95 Å². The first-order valence-electron chi connectivity index (χ1n) is 6.48. The maximum atomic E-state index is 13.0. The van der Waals surface area contributed by atoms with Gasteiger partial charge in [0.25, 0.3) is 0 Å². The molecule has 2 unspecified atom stereocenters. The van der Waals surface area contributed by atoms with Crippen LogP contribution in [0.4, 0.5) is 10.3 Å². The Morgan fingerprint density at radius 2 is 2.33 bits per heavy atom. The average molecular weight is 248 g/mol. The highest BCUT2D eigenvalue weighted by molar-refractivity contribution is 5.43. The zero-order valence-electron chi connectivity index (χ0n) is 10.4. The lowest BCUT2D eigenvalue weighted by molar-refractivity contribution is 0.439. The van der Waals surface area contributed by atoms with Gasteiger partial charge in [0.15, 0.2) is 5.65 Å². The molecule has 0 aromatic carbocycles. The maximum Gasteiger partial charge on any atom is 0.243 e. The molecule has 2 atom stereocenters. The van der Waals surface area contributed by atoms with Gasteiger partial charge >= 0.3 is 0 Å². The van der Waals surface area contributed by atoms with Crippen molar-refractivity contribution in [2.75, 3.05) is 11.9 Å². The number of nitrogens with zero attached hydrogens (tertiary/aromatic N) is 3. The summed E-state index contributed by atoms with van der Waals surface area (Å²) in [6, 6.07) is 3.03. The Hall–Kier alpha value is -1.65. The van der Waals surface area contributed by atoms with Crippen LogP contribution in [-0.2, 0) is 0 Å². The Morgan fingerprint density at radius 1 is 1.44 bits per heavy atom. The van der Waals surface area contributed by atoms with Crippen molar-refractivity contribution in [2.24, 2.45) is 11.8 Å². The lowest BCUT2D eigenvalue weighted by Crippen LogP contribution is -2.17. The Bertz CT molecular complexity index is 551. The molecule has 0 spiro atoms. The first-order valence-corrected chi connectivity index (χ1v) is 6.48. The van der Waals surface area contributed by atoms with Crippen molar-refractivity contribution in [1.82, 2.24) is 14.6 Å². The second kappa shape index (κ2) is 4.55. The Balaban J connectivity index is 1.71. The van der Waals surface area contributed by atoms with Crippen molar-refractivity contribution < 1.29 is 4.39 Å². The van der Waals surface area contributed by atoms with E-state index >= 15 is 0 Å². The van der Waals surface area contributed by atoms with Crippen molar-refractivity contribution >= 4 is 11.6 Å². The molecule has 18 heavy (non-hydrogen) atoms. The van der Waals surface area contributed by atoms with E-state index in [1.54, 1.807) is 6.07 Å². The molecule has 0 radical (unpaired) electrons. The average Bonchev–Trinajstić information content (AvgIpc) is 2.92. The van der Waals surface area contributed by atoms with Crippen molar-refractivity contribution in [1.29, 1.82) is 0 Å². The van der Waals surface area contributed by atoms with Crippen LogP contribution in [-0.4, -0.2) is 21.1 Å². The van der Waals surface area contributed by atoms with Gasteiger partial charge in [0.1, 0.15) is 5.82 Å². The van der Waals surface area contributed by atoms with Crippen molar-refractivity contribution in [3.8, 4) is 0 Å². The quantitative estimate of drug-likeness (QED) is 0.908. The van der Waals surface area contributed by atoms with Gasteiger partial charge in [-0.05, 0) is 30.4 Å². The minimum atomic E-state index is -0.302. The van der Waals surface area contributed by atoms with E-state index < -0.39 is 0 Å². The largest absolute Gasteiger partial charge is 0.353 e. The number of halogens is 1. The normalized spacial score (nSPS) is 23.7. The lowest BCUT2D eigenvalue weighted by Gasteiger charge is -2.14. The lowest BCUT2D eigenvalue weighted by atomic mass is 9.98. The van der Waals surface area contributed by atoms with Gasteiger partial charge in [-0.2, -0.15) is 4.98 Å². The molecule has 0 amide bonds. The van der Waals surface area contributed by atoms with Crippen molar-refractivity contribution in [3.63, 3.8) is 0 Å². The third-order valence-corrected chi connectivity index (χ3v) is 3.86. The number of nitrogens with one attached hydrogen (secondary N) is 1. The molecular weight excluding hydrogens is 231 g/mol. The van der Waals surface area contributed by atoms with E-state index in [2.05, 4.69) is 22.3 Å². The molecular formula is C13H17FN4. The number of anilines is 1. The summed E-state index contributed by atoms with van der Waals surface area (Å²) in [5.74, 6) is 1.75. The molecule has 5 heteroatoms. The first-order chi connectivity index (χ1) is 8.72. The van der Waals surface area contributed by atoms with Gasteiger partial charge in [0, 0.05) is 6.54 Å². The molecule has 0 bridgehead atoms. The van der Waals surface area contributed by atoms with Crippen LogP contribution in [0.1, 0.15) is 26.2 Å². The maximum absolute atomic E-state index is 13.0. The zero-order valence-corrected chi connectivity index (χ0v) is 10.4. The highest BCUT2D eigenvalue weighted by atomic mass is 19.1. The molecule has 1 fully saturated rings. The summed E-state index contributed by atoms with van der Waals surface area (Å²) < 4.78 is 14.5. The summed E-state index contributed by atoms with van der Waals surface area (Å²) >= 11 is 0. The molecule has 2 heterocycles. The topological polar surface area (TPSA) is 42.2 Å². The second-order valence-corrected chi connectivity index (χ2v) is 5.13. The molecule has 96 valence electrons. The van der Waals surface area contributed by atoms with Crippen LogP contribution in [0.2, 0.25) is 0 Å². The minimum Gasteiger partial charge on any atom is -0.353 e. The van der Waals surface area contributed by atoms with Gasteiger partial charge in [-0.3, -0.25) is 0 Å². The van der Waals surface area contributed by atoms with Gasteiger partial charge < -0.3 is 5.32 Å². The highest BCUT2D eigenvalue weighted by Crippen LogP contribution is 2.30. The molecule has 0 saturated heterocycles. The smallest absolute Gasteiger partial charge is 0.243 e. The number of aromatic nitrogens is 3. The molecule has 3 rings (SSSR count). The Labute approximate surface area is 105 Å². The summed E-state index contributed by atoms with van der Waals surface area (Å²) in [5.41, 5.74) is 0.665. The molecule has 2 aromatic heterocycles. The van der Waals surface area contributed by atoms with Crippen molar-refractivity contribution in [3.05, 3.63) is 24.1 Å². The second-order valence-electron chi connectivity index (χ2n) is 5.13. The van der Waals surface area contributed by atoms with Crippen molar-refractivity contribution in [2.45, 2.75) is 26.2 Å². The van der Waals surface area contributed by atoms with E-state index in [0.29, 0.717) is 17.5 Å². The van der Waals surface area contributed by atoms with Crippen LogP contribution in [0.5, 0.6) is 0 Å². The summed E-state index contributed by atoms with van der Waals surface area (Å²) in [7, 11) is 0. The minimum absolute atomic E-state index is 0.302. The first kappa shape index (κ1) is 11.4. The predicted molar refractivity (Wildman–Crippen MR) is 67.9 cm³/mol. The van der Waals surface area contributed by atoms with Crippen LogP contribution < -0.4 is 5.32 Å². The summed E-state index contributed by atoms with van der Waals surface area (Å²) in [5, 5.41) is 7.47. The number of pyridine rings is 1. The van der Waals surface area contributed by atoms with Crippen LogP contribution in [0.15, 0.2) is 18.3 Å². The van der Waals surface area contributed by atoms with Crippen LogP contribution in [0, 0.1) is 17.7 Å². The standard InChI is InChI=1S/C13H17FN4/c1-9-3-2-4-10(9)7-15-13-16-12-6-5-11(14)8-18(12)17-13/h5-6,8-10H,2-4,7H2,1H3,(H,15,17). The summed E-state index contributed by atoms with van der Waals surface area (Å²) in [6.45, 7) is 3.20. The van der Waals surface area contributed by atoms with E-state index in [0.717, 1.165) is 12.5 Å². The Morgan fingerprint density at radius 3 is 3.11 bits per heavy atom. The van der Waals surface area contributed by atoms with E-state index in [4.69, 9.17) is 0 Å². The van der Waals surface area contributed by atoms with Crippen LogP contribution >= 0.6 is 0 Å². The molecule has 0 aliphatic heterocycles. The zero-order chi connectivity index (χ0) is 12.5. The van der Waals surface area contributed by atoms with E-state index in [9.17, 15) is 4.39 Å². The number of hydrogen-bond acceptors (Lipinski definition) is 3. The fourth-order valence-electron chi connectivity index (χ4n) is 2.68. The molecule has 2 aromatic rings. The third kappa shape index (κ3) is 2.17. The van der Waals surface area contributed by atoms with E-state index in [1.807, 2.05) is 0 Å². The number of rotatable bonds is 3. The summed E-state index contributed by atoms with van der Waals surface area (Å²) in [6.07, 6.45) is 5.25. The van der Waals surface area contributed by atoms with Gasteiger partial charge in [-0.1, -0.05) is 19.8 Å². The summed E-state index contributed by atoms with van der Waals surface area (Å²) in [4.78, 5) is 4.31. The third-order valence-electron chi connectivity index (χ3n) is 3.86. The monoisotopic (exact) mass is 248 g/mol. The van der Waals surface area contributed by atoms with E-state index in [1.165, 1.54) is 36.0 Å². The van der Waals surface area contributed by atoms with Crippen LogP contribution in [0.25, 0.3) is 5.65 Å². The van der Waals surface area contributed by atoms with Gasteiger partial charge in [0.05, 0.1) is 6.20 Å². The molecule has 4 nitrogen and oxygen atoms in total. The SMILES string of the molecule is CC1CCCC1CNc1nc2ccc(F)cn2n1. The van der Waals surface area contributed by atoms with Crippen LogP contribution in [0.3, 0.4) is 0 Å². The fourth-order valence-corrected chi connectivity index (χ4v) is 2.68. The molecule has 1 aliphatic carbocycles. The fraction of sp³-hybridized carbons (Fsp3) is 0.538. The number of hydrogen-bond donors (Lipinski definition) is 1.